The molecule has 17 heavy (non-hydrogen) atoms. The van der Waals surface area contributed by atoms with Crippen LogP contribution in [0.4, 0.5) is 5.69 Å². The molecule has 0 saturated heterocycles. The number of hydrogen-bond acceptors (Lipinski definition) is 3. The van der Waals surface area contributed by atoms with E-state index in [0.29, 0.717) is 19.6 Å². The number of hydrogen-bond donors (Lipinski definition) is 2. The molecule has 1 aromatic carbocycles. The molecule has 0 unspecified atom stereocenters. The van der Waals surface area contributed by atoms with Crippen molar-refractivity contribution in [1.29, 1.82) is 0 Å². The van der Waals surface area contributed by atoms with Gasteiger partial charge in [0.1, 0.15) is 5.75 Å². The van der Waals surface area contributed by atoms with Crippen LogP contribution in [0.5, 0.6) is 5.75 Å². The van der Waals surface area contributed by atoms with E-state index >= 15 is 0 Å². The summed E-state index contributed by atoms with van der Waals surface area (Å²) < 4.78 is 5.49. The molecule has 2 N–H and O–H groups in total. The van der Waals surface area contributed by atoms with Crippen LogP contribution in [0.15, 0.2) is 18.2 Å². The smallest absolute Gasteiger partial charge is 0.225 e. The summed E-state index contributed by atoms with van der Waals surface area (Å²) in [6, 6.07) is 5.75. The molecule has 0 atom stereocenters. The Labute approximate surface area is 102 Å². The summed E-state index contributed by atoms with van der Waals surface area (Å²) in [6.45, 7) is 5.18. The molecule has 0 aliphatic carbocycles. The average Bonchev–Trinajstić information content (AvgIpc) is 2.30. The Bertz CT molecular complexity index is 378. The van der Waals surface area contributed by atoms with Crippen LogP contribution < -0.4 is 15.4 Å². The van der Waals surface area contributed by atoms with Crippen molar-refractivity contribution in [2.75, 3.05) is 25.5 Å². The average molecular weight is 236 g/mol. The summed E-state index contributed by atoms with van der Waals surface area (Å²) in [4.78, 5) is 11.6. The first-order chi connectivity index (χ1) is 8.17. The van der Waals surface area contributed by atoms with Crippen molar-refractivity contribution < 1.29 is 9.53 Å². The fourth-order valence-corrected chi connectivity index (χ4v) is 1.46. The highest BCUT2D eigenvalue weighted by Crippen LogP contribution is 2.25. The minimum Gasteiger partial charge on any atom is -0.492 e. The van der Waals surface area contributed by atoms with Crippen LogP contribution in [0.25, 0.3) is 0 Å². The summed E-state index contributed by atoms with van der Waals surface area (Å²) in [7, 11) is 1.82. The van der Waals surface area contributed by atoms with Gasteiger partial charge < -0.3 is 15.4 Å². The lowest BCUT2D eigenvalue weighted by molar-refractivity contribution is -0.116. The third kappa shape index (κ3) is 4.44. The third-order valence-electron chi connectivity index (χ3n) is 2.31. The molecule has 0 heterocycles. The quantitative estimate of drug-likeness (QED) is 0.793. The summed E-state index contributed by atoms with van der Waals surface area (Å²) in [5.74, 6) is 0.717. The van der Waals surface area contributed by atoms with E-state index in [0.717, 1.165) is 17.0 Å². The molecule has 0 aromatic heterocycles. The molecular weight excluding hydrogens is 216 g/mol. The Morgan fingerprint density at radius 1 is 1.41 bits per heavy atom. The molecule has 0 radical (unpaired) electrons. The number of carbonyl (C=O) groups is 1. The van der Waals surface area contributed by atoms with Crippen molar-refractivity contribution in [2.45, 2.75) is 20.3 Å². The molecule has 0 saturated carbocycles. The predicted octanol–water partition coefficient (Wildman–Crippen LogP) is 1.94. The van der Waals surface area contributed by atoms with E-state index in [9.17, 15) is 4.79 Å². The standard InChI is InChI=1S/C13H20N2O2/c1-4-17-12-9-10(2)5-6-11(12)15-13(16)7-8-14-3/h5-6,9,14H,4,7-8H2,1-3H3,(H,15,16). The minimum absolute atomic E-state index is 0.0100. The number of aryl methyl sites for hydroxylation is 1. The van der Waals surface area contributed by atoms with Gasteiger partial charge in [-0.2, -0.15) is 0 Å². The lowest BCUT2D eigenvalue weighted by Crippen LogP contribution is -2.19. The van der Waals surface area contributed by atoms with Gasteiger partial charge in [0.05, 0.1) is 12.3 Å². The van der Waals surface area contributed by atoms with Crippen molar-refractivity contribution in [3.05, 3.63) is 23.8 Å². The van der Waals surface area contributed by atoms with Gasteiger partial charge in [-0.05, 0) is 38.6 Å². The first kappa shape index (κ1) is 13.5. The van der Waals surface area contributed by atoms with Gasteiger partial charge in [-0.25, -0.2) is 0 Å². The molecule has 4 heteroatoms. The zero-order chi connectivity index (χ0) is 12.7. The zero-order valence-electron chi connectivity index (χ0n) is 10.7. The largest absolute Gasteiger partial charge is 0.492 e. The maximum absolute atomic E-state index is 11.6. The number of nitrogens with one attached hydrogen (secondary N) is 2. The minimum atomic E-state index is -0.0100. The molecule has 1 amide bonds. The molecule has 1 aromatic rings. The Hall–Kier alpha value is -1.55. The molecule has 4 nitrogen and oxygen atoms in total. The van der Waals surface area contributed by atoms with E-state index < -0.39 is 0 Å². The number of carbonyl (C=O) groups excluding carboxylic acids is 1. The SMILES string of the molecule is CCOc1cc(C)ccc1NC(=O)CCNC. The Balaban J connectivity index is 2.72. The van der Waals surface area contributed by atoms with Gasteiger partial charge in [0.25, 0.3) is 0 Å². The van der Waals surface area contributed by atoms with Crippen molar-refractivity contribution in [3.8, 4) is 5.75 Å². The molecule has 0 aliphatic rings. The molecule has 0 aliphatic heterocycles. The first-order valence-corrected chi connectivity index (χ1v) is 5.85. The lowest BCUT2D eigenvalue weighted by atomic mass is 10.2. The molecule has 94 valence electrons. The van der Waals surface area contributed by atoms with Gasteiger partial charge in [-0.1, -0.05) is 6.07 Å². The van der Waals surface area contributed by atoms with Crippen LogP contribution >= 0.6 is 0 Å². The number of ether oxygens (including phenoxy) is 1. The van der Waals surface area contributed by atoms with Gasteiger partial charge in [0.2, 0.25) is 5.91 Å². The molecular formula is C13H20N2O2. The van der Waals surface area contributed by atoms with Crippen LogP contribution in [0, 0.1) is 6.92 Å². The van der Waals surface area contributed by atoms with Crippen LogP contribution in [0.3, 0.4) is 0 Å². The molecule has 0 spiro atoms. The highest BCUT2D eigenvalue weighted by atomic mass is 16.5. The monoisotopic (exact) mass is 236 g/mol. The van der Waals surface area contributed by atoms with Crippen molar-refractivity contribution in [2.24, 2.45) is 0 Å². The first-order valence-electron chi connectivity index (χ1n) is 5.85. The Kier molecular flexibility index (Phi) is 5.49. The van der Waals surface area contributed by atoms with Gasteiger partial charge >= 0.3 is 0 Å². The summed E-state index contributed by atoms with van der Waals surface area (Å²) in [5.41, 5.74) is 1.85. The van der Waals surface area contributed by atoms with E-state index in [1.807, 2.05) is 39.1 Å². The summed E-state index contributed by atoms with van der Waals surface area (Å²) >= 11 is 0. The van der Waals surface area contributed by atoms with Crippen molar-refractivity contribution in [1.82, 2.24) is 5.32 Å². The van der Waals surface area contributed by atoms with Gasteiger partial charge in [-0.15, -0.1) is 0 Å². The number of anilines is 1. The zero-order valence-corrected chi connectivity index (χ0v) is 10.7. The van der Waals surface area contributed by atoms with E-state index in [-0.39, 0.29) is 5.91 Å². The maximum atomic E-state index is 11.6. The van der Waals surface area contributed by atoms with E-state index in [1.54, 1.807) is 0 Å². The number of benzene rings is 1. The fourth-order valence-electron chi connectivity index (χ4n) is 1.46. The van der Waals surface area contributed by atoms with Crippen LogP contribution in [0.2, 0.25) is 0 Å². The van der Waals surface area contributed by atoms with E-state index in [4.69, 9.17) is 4.74 Å². The van der Waals surface area contributed by atoms with Gasteiger partial charge in [0.15, 0.2) is 0 Å². The number of amides is 1. The van der Waals surface area contributed by atoms with Crippen LogP contribution in [0.1, 0.15) is 18.9 Å². The highest BCUT2D eigenvalue weighted by Gasteiger charge is 2.07. The lowest BCUT2D eigenvalue weighted by Gasteiger charge is -2.12. The van der Waals surface area contributed by atoms with E-state index in [2.05, 4.69) is 10.6 Å². The Morgan fingerprint density at radius 2 is 2.18 bits per heavy atom. The topological polar surface area (TPSA) is 50.4 Å². The Morgan fingerprint density at radius 3 is 2.82 bits per heavy atom. The van der Waals surface area contributed by atoms with Gasteiger partial charge in [0, 0.05) is 13.0 Å². The normalized spacial score (nSPS) is 10.1. The fraction of sp³-hybridized carbons (Fsp3) is 0.462. The third-order valence-corrected chi connectivity index (χ3v) is 2.31. The number of rotatable bonds is 6. The highest BCUT2D eigenvalue weighted by molar-refractivity contribution is 5.92. The van der Waals surface area contributed by atoms with Crippen LogP contribution in [-0.4, -0.2) is 26.1 Å². The van der Waals surface area contributed by atoms with Crippen molar-refractivity contribution in [3.63, 3.8) is 0 Å². The summed E-state index contributed by atoms with van der Waals surface area (Å²) in [5, 5.41) is 5.79. The van der Waals surface area contributed by atoms with Crippen molar-refractivity contribution >= 4 is 11.6 Å². The second kappa shape index (κ2) is 6.91. The second-order valence-electron chi connectivity index (χ2n) is 3.83. The maximum Gasteiger partial charge on any atom is 0.225 e. The summed E-state index contributed by atoms with van der Waals surface area (Å²) in [6.07, 6.45) is 0.454. The second-order valence-corrected chi connectivity index (χ2v) is 3.83. The van der Waals surface area contributed by atoms with Crippen LogP contribution in [-0.2, 0) is 4.79 Å². The molecule has 1 rings (SSSR count). The van der Waals surface area contributed by atoms with E-state index in [1.165, 1.54) is 0 Å². The van der Waals surface area contributed by atoms with Gasteiger partial charge in [-0.3, -0.25) is 4.79 Å². The molecule has 0 fully saturated rings. The predicted molar refractivity (Wildman–Crippen MR) is 69.5 cm³/mol. The molecule has 0 bridgehead atoms.